The summed E-state index contributed by atoms with van der Waals surface area (Å²) in [5.41, 5.74) is 1.27. The second-order valence-electron chi connectivity index (χ2n) is 5.00. The molecule has 2 atom stereocenters. The Morgan fingerprint density at radius 3 is 2.53 bits per heavy atom. The molecule has 1 N–H and O–H groups in total. The zero-order valence-corrected chi connectivity index (χ0v) is 11.7. The molecule has 1 fully saturated rings. The molecule has 4 nitrogen and oxygen atoms in total. The molecule has 1 aliphatic rings. The van der Waals surface area contributed by atoms with E-state index in [2.05, 4.69) is 17.0 Å². The highest BCUT2D eigenvalue weighted by Gasteiger charge is 2.38. The molecular weight excluding hydrogens is 242 g/mol. The molecule has 1 aromatic carbocycles. The molecular formula is C15H23NO3. The first-order chi connectivity index (χ1) is 9.30. The number of rotatable bonds is 6. The third kappa shape index (κ3) is 3.34. The van der Waals surface area contributed by atoms with Gasteiger partial charge >= 0.3 is 0 Å². The minimum atomic E-state index is -0.238. The van der Waals surface area contributed by atoms with Crippen molar-refractivity contribution in [3.8, 4) is 0 Å². The van der Waals surface area contributed by atoms with Crippen LogP contribution in [0.3, 0.4) is 0 Å². The third-order valence-electron chi connectivity index (χ3n) is 3.94. The molecule has 19 heavy (non-hydrogen) atoms. The average molecular weight is 265 g/mol. The van der Waals surface area contributed by atoms with Crippen LogP contribution in [-0.4, -0.2) is 49.7 Å². The lowest BCUT2D eigenvalue weighted by Gasteiger charge is -2.29. The van der Waals surface area contributed by atoms with Gasteiger partial charge in [0.15, 0.2) is 6.29 Å². The van der Waals surface area contributed by atoms with E-state index in [0.29, 0.717) is 0 Å². The number of hydrogen-bond acceptors (Lipinski definition) is 4. The number of hydrogen-bond donors (Lipinski definition) is 1. The van der Waals surface area contributed by atoms with Gasteiger partial charge < -0.3 is 14.6 Å². The number of likely N-dealkylation sites (tertiary alicyclic amines) is 1. The molecule has 0 unspecified atom stereocenters. The van der Waals surface area contributed by atoms with Crippen LogP contribution >= 0.6 is 0 Å². The van der Waals surface area contributed by atoms with Crippen LogP contribution in [0.2, 0.25) is 0 Å². The van der Waals surface area contributed by atoms with Gasteiger partial charge in [0.25, 0.3) is 0 Å². The molecule has 1 saturated heterocycles. The summed E-state index contributed by atoms with van der Waals surface area (Å²) in [6, 6.07) is 10.4. The lowest BCUT2D eigenvalue weighted by molar-refractivity contribution is -0.145. The molecule has 0 saturated carbocycles. The number of nitrogens with zero attached hydrogens (tertiary/aromatic N) is 1. The van der Waals surface area contributed by atoms with Gasteiger partial charge in [-0.05, 0) is 18.5 Å². The summed E-state index contributed by atoms with van der Waals surface area (Å²) in [5.74, 6) is 0.226. The van der Waals surface area contributed by atoms with Crippen molar-refractivity contribution in [1.29, 1.82) is 0 Å². The van der Waals surface area contributed by atoms with E-state index >= 15 is 0 Å². The number of aliphatic hydroxyl groups is 1. The maximum Gasteiger partial charge on any atom is 0.161 e. The molecule has 0 aliphatic carbocycles. The summed E-state index contributed by atoms with van der Waals surface area (Å²) in [6.45, 7) is 1.97. The second-order valence-corrected chi connectivity index (χ2v) is 5.00. The summed E-state index contributed by atoms with van der Waals surface area (Å²) in [4.78, 5) is 2.31. The lowest BCUT2D eigenvalue weighted by atomic mass is 10.00. The second kappa shape index (κ2) is 7.01. The Bertz CT molecular complexity index is 367. The normalized spacial score (nSPS) is 24.2. The van der Waals surface area contributed by atoms with E-state index < -0.39 is 0 Å². The predicted octanol–water partition coefficient (Wildman–Crippen LogP) is 1.49. The number of methoxy groups -OCH3 is 2. The van der Waals surface area contributed by atoms with Crippen LogP contribution < -0.4 is 0 Å². The zero-order valence-electron chi connectivity index (χ0n) is 11.7. The van der Waals surface area contributed by atoms with E-state index in [1.807, 2.05) is 18.2 Å². The highest BCUT2D eigenvalue weighted by molar-refractivity contribution is 5.15. The van der Waals surface area contributed by atoms with Crippen molar-refractivity contribution in [1.82, 2.24) is 4.90 Å². The van der Waals surface area contributed by atoms with E-state index in [9.17, 15) is 5.11 Å². The van der Waals surface area contributed by atoms with Crippen molar-refractivity contribution in [2.45, 2.75) is 25.3 Å². The third-order valence-corrected chi connectivity index (χ3v) is 3.94. The fourth-order valence-corrected chi connectivity index (χ4v) is 2.97. The Hall–Kier alpha value is -0.940. The van der Waals surface area contributed by atoms with Crippen molar-refractivity contribution < 1.29 is 14.6 Å². The topological polar surface area (TPSA) is 41.9 Å². The van der Waals surface area contributed by atoms with Crippen LogP contribution in [0, 0.1) is 5.92 Å². The first kappa shape index (κ1) is 14.5. The summed E-state index contributed by atoms with van der Waals surface area (Å²) in [7, 11) is 3.31. The SMILES string of the molecule is COC(OC)[C@@H]1CCN(Cc2ccccc2)[C@H]1CO. The van der Waals surface area contributed by atoms with Gasteiger partial charge in [0, 0.05) is 32.7 Å². The van der Waals surface area contributed by atoms with Crippen molar-refractivity contribution in [2.24, 2.45) is 5.92 Å². The molecule has 0 bridgehead atoms. The summed E-state index contributed by atoms with van der Waals surface area (Å²) in [6.07, 6.45) is 0.752. The van der Waals surface area contributed by atoms with Crippen molar-refractivity contribution >= 4 is 0 Å². The monoisotopic (exact) mass is 265 g/mol. The molecule has 0 spiro atoms. The number of benzene rings is 1. The molecule has 1 aliphatic heterocycles. The molecule has 0 radical (unpaired) electrons. The first-order valence-corrected chi connectivity index (χ1v) is 6.74. The van der Waals surface area contributed by atoms with E-state index in [4.69, 9.17) is 9.47 Å². The highest BCUT2D eigenvalue weighted by Crippen LogP contribution is 2.30. The fourth-order valence-electron chi connectivity index (χ4n) is 2.97. The number of aliphatic hydroxyl groups excluding tert-OH is 1. The quantitative estimate of drug-likeness (QED) is 0.791. The van der Waals surface area contributed by atoms with Crippen LogP contribution in [-0.2, 0) is 16.0 Å². The molecule has 1 heterocycles. The lowest BCUT2D eigenvalue weighted by Crippen LogP contribution is -2.40. The number of ether oxygens (including phenoxy) is 2. The Morgan fingerprint density at radius 1 is 1.26 bits per heavy atom. The molecule has 4 heteroatoms. The van der Waals surface area contributed by atoms with Crippen molar-refractivity contribution in [3.05, 3.63) is 35.9 Å². The van der Waals surface area contributed by atoms with Crippen LogP contribution in [0.1, 0.15) is 12.0 Å². The summed E-state index contributed by atoms with van der Waals surface area (Å²) >= 11 is 0. The van der Waals surface area contributed by atoms with Gasteiger partial charge in [0.05, 0.1) is 6.61 Å². The van der Waals surface area contributed by atoms with Crippen LogP contribution in [0.4, 0.5) is 0 Å². The summed E-state index contributed by atoms with van der Waals surface area (Å²) in [5, 5.41) is 9.67. The zero-order chi connectivity index (χ0) is 13.7. The highest BCUT2D eigenvalue weighted by atomic mass is 16.7. The standard InChI is InChI=1S/C15H23NO3/c1-18-15(19-2)13-8-9-16(14(13)11-17)10-12-6-4-3-5-7-12/h3-7,13-15,17H,8-11H2,1-2H3/t13-,14+/m1/s1. The molecule has 0 aromatic heterocycles. The predicted molar refractivity (Wildman–Crippen MR) is 73.6 cm³/mol. The largest absolute Gasteiger partial charge is 0.395 e. The van der Waals surface area contributed by atoms with Gasteiger partial charge in [-0.2, -0.15) is 0 Å². The minimum absolute atomic E-state index is 0.102. The van der Waals surface area contributed by atoms with E-state index in [-0.39, 0.29) is 24.9 Å². The van der Waals surface area contributed by atoms with Gasteiger partial charge in [-0.3, -0.25) is 4.90 Å². The van der Waals surface area contributed by atoms with E-state index in [0.717, 1.165) is 19.5 Å². The van der Waals surface area contributed by atoms with Gasteiger partial charge in [-0.25, -0.2) is 0 Å². The van der Waals surface area contributed by atoms with Crippen LogP contribution in [0.5, 0.6) is 0 Å². The maximum absolute atomic E-state index is 9.67. The van der Waals surface area contributed by atoms with E-state index in [1.165, 1.54) is 5.56 Å². The van der Waals surface area contributed by atoms with Crippen molar-refractivity contribution in [3.63, 3.8) is 0 Å². The van der Waals surface area contributed by atoms with Gasteiger partial charge in [0.2, 0.25) is 0 Å². The van der Waals surface area contributed by atoms with Gasteiger partial charge in [-0.15, -0.1) is 0 Å². The smallest absolute Gasteiger partial charge is 0.161 e. The van der Waals surface area contributed by atoms with Gasteiger partial charge in [-0.1, -0.05) is 30.3 Å². The molecule has 106 valence electrons. The van der Waals surface area contributed by atoms with E-state index in [1.54, 1.807) is 14.2 Å². The Balaban J connectivity index is 2.03. The Labute approximate surface area is 114 Å². The van der Waals surface area contributed by atoms with Crippen LogP contribution in [0.15, 0.2) is 30.3 Å². The summed E-state index contributed by atoms with van der Waals surface area (Å²) < 4.78 is 10.7. The Morgan fingerprint density at radius 2 is 1.95 bits per heavy atom. The Kier molecular flexibility index (Phi) is 5.34. The maximum atomic E-state index is 9.67. The van der Waals surface area contributed by atoms with Crippen molar-refractivity contribution in [2.75, 3.05) is 27.4 Å². The van der Waals surface area contributed by atoms with Gasteiger partial charge in [0.1, 0.15) is 0 Å². The fraction of sp³-hybridized carbons (Fsp3) is 0.600. The minimum Gasteiger partial charge on any atom is -0.395 e. The van der Waals surface area contributed by atoms with Crippen LogP contribution in [0.25, 0.3) is 0 Å². The first-order valence-electron chi connectivity index (χ1n) is 6.74. The average Bonchev–Trinajstić information content (AvgIpc) is 2.84. The molecule has 0 amide bonds. The molecule has 2 rings (SSSR count). The molecule has 1 aromatic rings.